The van der Waals surface area contributed by atoms with Gasteiger partial charge in [-0.1, -0.05) is 13.8 Å². The maximum Gasteiger partial charge on any atom is 0.275 e. The van der Waals surface area contributed by atoms with Gasteiger partial charge in [-0.2, -0.15) is 0 Å². The minimum Gasteiger partial charge on any atom is -0.480 e. The molecule has 0 saturated heterocycles. The zero-order valence-corrected chi connectivity index (χ0v) is 12.0. The largest absolute Gasteiger partial charge is 0.480 e. The Morgan fingerprint density at radius 1 is 1.35 bits per heavy atom. The number of carbonyl (C=O) groups excluding carboxylic acids is 1. The quantitative estimate of drug-likeness (QED) is 0.369. The molecule has 0 aliphatic carbocycles. The van der Waals surface area contributed by atoms with E-state index < -0.39 is 16.9 Å². The first-order chi connectivity index (χ1) is 9.27. The molecule has 1 amide bonds. The topological polar surface area (TPSA) is 107 Å². The first-order valence-electron chi connectivity index (χ1n) is 6.20. The molecule has 1 rings (SSSR count). The second-order valence-electron chi connectivity index (χ2n) is 4.95. The third-order valence-electron chi connectivity index (χ3n) is 2.95. The lowest BCUT2D eigenvalue weighted by molar-refractivity contribution is -0.385. The number of ether oxygens (including phenoxy) is 1. The molecule has 0 bridgehead atoms. The van der Waals surface area contributed by atoms with Crippen molar-refractivity contribution < 1.29 is 14.5 Å². The van der Waals surface area contributed by atoms with Crippen molar-refractivity contribution in [3.63, 3.8) is 0 Å². The Hall–Kier alpha value is -2.15. The van der Waals surface area contributed by atoms with Crippen molar-refractivity contribution in [1.82, 2.24) is 5.43 Å². The number of aryl methyl sites for hydroxylation is 2. The molecule has 0 aliphatic rings. The molecule has 1 unspecified atom stereocenters. The first kappa shape index (κ1) is 15.9. The summed E-state index contributed by atoms with van der Waals surface area (Å²) in [5.41, 5.74) is 3.16. The van der Waals surface area contributed by atoms with Gasteiger partial charge in [0.1, 0.15) is 5.75 Å². The average Bonchev–Trinajstić information content (AvgIpc) is 2.37. The highest BCUT2D eigenvalue weighted by molar-refractivity contribution is 5.80. The Balaban J connectivity index is 3.11. The minimum absolute atomic E-state index is 0.0271. The van der Waals surface area contributed by atoms with E-state index in [1.54, 1.807) is 19.9 Å². The van der Waals surface area contributed by atoms with Crippen molar-refractivity contribution in [2.24, 2.45) is 11.8 Å². The van der Waals surface area contributed by atoms with Gasteiger partial charge < -0.3 is 4.74 Å². The highest BCUT2D eigenvalue weighted by atomic mass is 16.6. The second-order valence-corrected chi connectivity index (χ2v) is 4.95. The van der Waals surface area contributed by atoms with E-state index in [1.165, 1.54) is 6.07 Å². The number of nitrogens with zero attached hydrogens (tertiary/aromatic N) is 1. The van der Waals surface area contributed by atoms with Crippen LogP contribution in [0.4, 0.5) is 5.69 Å². The molecule has 110 valence electrons. The fourth-order valence-electron chi connectivity index (χ4n) is 1.81. The van der Waals surface area contributed by atoms with Crippen LogP contribution in [0.15, 0.2) is 12.1 Å². The van der Waals surface area contributed by atoms with E-state index in [4.69, 9.17) is 10.6 Å². The third-order valence-corrected chi connectivity index (χ3v) is 2.95. The Morgan fingerprint density at radius 3 is 2.40 bits per heavy atom. The number of carbonyl (C=O) groups is 1. The predicted octanol–water partition coefficient (Wildman–Crippen LogP) is 1.60. The van der Waals surface area contributed by atoms with Crippen LogP contribution >= 0.6 is 0 Å². The molecule has 0 aliphatic heterocycles. The molecule has 0 spiro atoms. The number of nitrogens with two attached hydrogens (primary N) is 1. The van der Waals surface area contributed by atoms with Crippen molar-refractivity contribution in [3.8, 4) is 5.75 Å². The number of hydrogen-bond acceptors (Lipinski definition) is 5. The predicted molar refractivity (Wildman–Crippen MR) is 74.2 cm³/mol. The van der Waals surface area contributed by atoms with Gasteiger partial charge in [0.2, 0.25) is 0 Å². The number of nitro groups is 1. The van der Waals surface area contributed by atoms with Gasteiger partial charge in [0.15, 0.2) is 6.10 Å². The summed E-state index contributed by atoms with van der Waals surface area (Å²) in [6.45, 7) is 6.97. The van der Waals surface area contributed by atoms with E-state index in [9.17, 15) is 14.9 Å². The third kappa shape index (κ3) is 3.45. The van der Waals surface area contributed by atoms with Crippen molar-refractivity contribution >= 4 is 11.6 Å². The van der Waals surface area contributed by atoms with Crippen LogP contribution < -0.4 is 16.0 Å². The summed E-state index contributed by atoms with van der Waals surface area (Å²) in [5, 5.41) is 10.9. The van der Waals surface area contributed by atoms with Crippen LogP contribution in [0.1, 0.15) is 25.0 Å². The van der Waals surface area contributed by atoms with Crippen LogP contribution in [0, 0.1) is 29.9 Å². The SMILES string of the molecule is Cc1cc([N+](=O)[O-])c(C)cc1OC(C(=O)NN)C(C)C. The van der Waals surface area contributed by atoms with Crippen LogP contribution in [0.3, 0.4) is 0 Å². The lowest BCUT2D eigenvalue weighted by Gasteiger charge is -2.22. The van der Waals surface area contributed by atoms with Crippen LogP contribution in [0.25, 0.3) is 0 Å². The zero-order valence-electron chi connectivity index (χ0n) is 12.0. The highest BCUT2D eigenvalue weighted by Crippen LogP contribution is 2.29. The van der Waals surface area contributed by atoms with E-state index in [2.05, 4.69) is 5.43 Å². The molecule has 1 aromatic rings. The lowest BCUT2D eigenvalue weighted by Crippen LogP contribution is -2.44. The number of amides is 1. The summed E-state index contributed by atoms with van der Waals surface area (Å²) >= 11 is 0. The first-order valence-corrected chi connectivity index (χ1v) is 6.20. The molecule has 0 radical (unpaired) electrons. The Bertz CT molecular complexity index is 529. The summed E-state index contributed by atoms with van der Waals surface area (Å²) in [7, 11) is 0. The molecule has 20 heavy (non-hydrogen) atoms. The van der Waals surface area contributed by atoms with Gasteiger partial charge >= 0.3 is 0 Å². The molecule has 0 fully saturated rings. The summed E-state index contributed by atoms with van der Waals surface area (Å²) in [6, 6.07) is 3.00. The van der Waals surface area contributed by atoms with Gasteiger partial charge in [0, 0.05) is 11.6 Å². The number of rotatable bonds is 5. The van der Waals surface area contributed by atoms with Gasteiger partial charge in [-0.3, -0.25) is 20.3 Å². The lowest BCUT2D eigenvalue weighted by atomic mass is 10.1. The smallest absolute Gasteiger partial charge is 0.275 e. The summed E-state index contributed by atoms with van der Waals surface area (Å²) in [4.78, 5) is 22.1. The highest BCUT2D eigenvalue weighted by Gasteiger charge is 2.25. The number of hydrogen-bond donors (Lipinski definition) is 2. The van der Waals surface area contributed by atoms with Gasteiger partial charge in [-0.25, -0.2) is 5.84 Å². The summed E-state index contributed by atoms with van der Waals surface area (Å²) in [5.74, 6) is 5.04. The number of nitro benzene ring substituents is 1. The number of benzene rings is 1. The molecule has 7 heteroatoms. The van der Waals surface area contributed by atoms with Gasteiger partial charge in [-0.05, 0) is 31.4 Å². The van der Waals surface area contributed by atoms with E-state index in [1.807, 2.05) is 13.8 Å². The van der Waals surface area contributed by atoms with E-state index in [0.29, 0.717) is 16.9 Å². The van der Waals surface area contributed by atoms with Gasteiger partial charge in [0.25, 0.3) is 11.6 Å². The normalized spacial score (nSPS) is 12.1. The van der Waals surface area contributed by atoms with Crippen molar-refractivity contribution in [1.29, 1.82) is 0 Å². The van der Waals surface area contributed by atoms with Crippen LogP contribution in [0.5, 0.6) is 5.75 Å². The van der Waals surface area contributed by atoms with E-state index >= 15 is 0 Å². The molecule has 3 N–H and O–H groups in total. The monoisotopic (exact) mass is 281 g/mol. The van der Waals surface area contributed by atoms with Gasteiger partial charge in [-0.15, -0.1) is 0 Å². The molecular weight excluding hydrogens is 262 g/mol. The standard InChI is InChI=1S/C13H19N3O4/c1-7(2)12(13(17)15-14)20-11-6-8(3)10(16(18)19)5-9(11)4/h5-7,12H,14H2,1-4H3,(H,15,17). The van der Waals surface area contributed by atoms with E-state index in [0.717, 1.165) is 0 Å². The molecule has 0 heterocycles. The zero-order chi connectivity index (χ0) is 15.4. The Kier molecular flexibility index (Phi) is 5.04. The fourth-order valence-corrected chi connectivity index (χ4v) is 1.81. The van der Waals surface area contributed by atoms with Crippen LogP contribution in [-0.4, -0.2) is 16.9 Å². The fraction of sp³-hybridized carbons (Fsp3) is 0.462. The summed E-state index contributed by atoms with van der Waals surface area (Å²) in [6.07, 6.45) is -0.750. The van der Waals surface area contributed by atoms with E-state index in [-0.39, 0.29) is 11.6 Å². The molecular formula is C13H19N3O4. The maximum atomic E-state index is 11.7. The molecule has 7 nitrogen and oxygen atoms in total. The summed E-state index contributed by atoms with van der Waals surface area (Å²) < 4.78 is 5.66. The maximum absolute atomic E-state index is 11.7. The van der Waals surface area contributed by atoms with Crippen molar-refractivity contribution in [2.45, 2.75) is 33.8 Å². The molecule has 1 aromatic carbocycles. The van der Waals surface area contributed by atoms with Crippen molar-refractivity contribution in [3.05, 3.63) is 33.4 Å². The van der Waals surface area contributed by atoms with Crippen LogP contribution in [0.2, 0.25) is 0 Å². The number of nitrogens with one attached hydrogen (secondary N) is 1. The van der Waals surface area contributed by atoms with Gasteiger partial charge in [0.05, 0.1) is 4.92 Å². The molecule has 0 aromatic heterocycles. The second kappa shape index (κ2) is 6.33. The molecule has 0 saturated carbocycles. The minimum atomic E-state index is -0.750. The Labute approximate surface area is 117 Å². The van der Waals surface area contributed by atoms with Crippen molar-refractivity contribution in [2.75, 3.05) is 0 Å². The number of hydrazine groups is 1. The average molecular weight is 281 g/mol. The molecule has 1 atom stereocenters. The van der Waals surface area contributed by atoms with Crippen LogP contribution in [-0.2, 0) is 4.79 Å². The Morgan fingerprint density at radius 2 is 1.95 bits per heavy atom.